The lowest BCUT2D eigenvalue weighted by Gasteiger charge is -2.15. The molecule has 0 radical (unpaired) electrons. The van der Waals surface area contributed by atoms with Crippen molar-refractivity contribution in [1.82, 2.24) is 9.97 Å². The van der Waals surface area contributed by atoms with Gasteiger partial charge in [0.05, 0.1) is 5.39 Å². The summed E-state index contributed by atoms with van der Waals surface area (Å²) >= 11 is 1.63. The lowest BCUT2D eigenvalue weighted by Crippen LogP contribution is -2.16. The zero-order chi connectivity index (χ0) is 17.2. The summed E-state index contributed by atoms with van der Waals surface area (Å²) in [5.74, 6) is 4.18. The van der Waals surface area contributed by atoms with Crippen LogP contribution in [-0.4, -0.2) is 18.0 Å². The molecule has 1 N–H and O–H groups in total. The van der Waals surface area contributed by atoms with E-state index in [1.165, 1.54) is 5.56 Å². The number of nitrogens with one attached hydrogen (secondary N) is 1. The summed E-state index contributed by atoms with van der Waals surface area (Å²) < 4.78 is 0. The summed E-state index contributed by atoms with van der Waals surface area (Å²) in [6.45, 7) is 8.91. The molecule has 0 bridgehead atoms. The number of hydrogen-bond acceptors (Lipinski definition) is 4. The highest BCUT2D eigenvalue weighted by atomic mass is 32.1. The Balaban J connectivity index is 1.76. The van der Waals surface area contributed by atoms with Crippen LogP contribution in [0.3, 0.4) is 0 Å². The van der Waals surface area contributed by atoms with Gasteiger partial charge in [0.2, 0.25) is 0 Å². The molecule has 2 aromatic heterocycles. The second-order valence-corrected chi connectivity index (χ2v) is 12.5. The van der Waals surface area contributed by atoms with Gasteiger partial charge in [-0.2, -0.15) is 0 Å². The standard InChI is InChI=1S/C19H21N3SSi/c1-14(22-18-17-9-11-23-19(17)21-13-20-18)16-7-5-15(6-8-16)10-12-24(2,3)4/h5-9,11,13-14H,1-4H3,(H,20,21,22)/t14-/m0/s1. The van der Waals surface area contributed by atoms with E-state index in [9.17, 15) is 0 Å². The highest BCUT2D eigenvalue weighted by molar-refractivity contribution is 7.16. The van der Waals surface area contributed by atoms with Crippen LogP contribution in [-0.2, 0) is 0 Å². The molecule has 0 saturated carbocycles. The molecule has 2 heterocycles. The quantitative estimate of drug-likeness (QED) is 0.527. The molecular weight excluding hydrogens is 330 g/mol. The van der Waals surface area contributed by atoms with Crippen molar-refractivity contribution in [3.05, 3.63) is 53.2 Å². The van der Waals surface area contributed by atoms with Crippen LogP contribution in [0, 0.1) is 11.5 Å². The number of nitrogens with zero attached hydrogens (tertiary/aromatic N) is 2. The minimum absolute atomic E-state index is 0.169. The highest BCUT2D eigenvalue weighted by Gasteiger charge is 2.10. The smallest absolute Gasteiger partial charge is 0.138 e. The molecule has 0 aliphatic rings. The topological polar surface area (TPSA) is 37.8 Å². The molecule has 122 valence electrons. The van der Waals surface area contributed by atoms with E-state index in [0.717, 1.165) is 21.6 Å². The average Bonchev–Trinajstić information content (AvgIpc) is 3.02. The Hall–Kier alpha value is -2.16. The summed E-state index contributed by atoms with van der Waals surface area (Å²) in [4.78, 5) is 9.69. The highest BCUT2D eigenvalue weighted by Crippen LogP contribution is 2.27. The second kappa shape index (κ2) is 6.76. The van der Waals surface area contributed by atoms with Gasteiger partial charge in [-0.05, 0) is 36.1 Å². The first-order valence-electron chi connectivity index (χ1n) is 8.00. The lowest BCUT2D eigenvalue weighted by molar-refractivity contribution is 0.876. The number of anilines is 1. The van der Waals surface area contributed by atoms with Gasteiger partial charge >= 0.3 is 0 Å². The van der Waals surface area contributed by atoms with Gasteiger partial charge in [-0.3, -0.25) is 0 Å². The molecule has 0 aliphatic heterocycles. The van der Waals surface area contributed by atoms with Crippen LogP contribution in [0.5, 0.6) is 0 Å². The van der Waals surface area contributed by atoms with Crippen molar-refractivity contribution in [2.45, 2.75) is 32.6 Å². The Kier molecular flexibility index (Phi) is 4.70. The van der Waals surface area contributed by atoms with E-state index in [1.54, 1.807) is 17.7 Å². The molecule has 5 heteroatoms. The van der Waals surface area contributed by atoms with Crippen LogP contribution >= 0.6 is 11.3 Å². The lowest BCUT2D eigenvalue weighted by atomic mass is 10.1. The largest absolute Gasteiger partial charge is 0.363 e. The molecule has 1 aromatic carbocycles. The Bertz CT molecular complexity index is 898. The van der Waals surface area contributed by atoms with Gasteiger partial charge in [0.25, 0.3) is 0 Å². The Morgan fingerprint density at radius 3 is 2.54 bits per heavy atom. The van der Waals surface area contributed by atoms with Crippen LogP contribution in [0.25, 0.3) is 10.2 Å². The zero-order valence-corrected chi connectivity index (χ0v) is 16.2. The summed E-state index contributed by atoms with van der Waals surface area (Å²) in [5, 5.41) is 6.61. The SMILES string of the molecule is C[C@H](Nc1ncnc2sccc12)c1ccc(C#C[Si](C)(C)C)cc1. The molecule has 3 rings (SSSR count). The van der Waals surface area contributed by atoms with E-state index in [2.05, 4.69) is 83.6 Å². The van der Waals surface area contributed by atoms with Gasteiger partial charge in [0.1, 0.15) is 25.0 Å². The third-order valence-electron chi connectivity index (χ3n) is 3.61. The molecule has 3 aromatic rings. The number of rotatable bonds is 3. The van der Waals surface area contributed by atoms with E-state index in [4.69, 9.17) is 0 Å². The van der Waals surface area contributed by atoms with E-state index >= 15 is 0 Å². The van der Waals surface area contributed by atoms with E-state index in [-0.39, 0.29) is 6.04 Å². The predicted octanol–water partition coefficient (Wildman–Crippen LogP) is 5.09. The van der Waals surface area contributed by atoms with Crippen LogP contribution < -0.4 is 5.32 Å². The fourth-order valence-electron chi connectivity index (χ4n) is 2.31. The third-order valence-corrected chi connectivity index (χ3v) is 5.30. The molecule has 1 atom stereocenters. The van der Waals surface area contributed by atoms with Gasteiger partial charge < -0.3 is 5.32 Å². The Morgan fingerprint density at radius 2 is 1.83 bits per heavy atom. The fourth-order valence-corrected chi connectivity index (χ4v) is 3.56. The maximum absolute atomic E-state index is 4.39. The molecule has 0 amide bonds. The van der Waals surface area contributed by atoms with Gasteiger partial charge in [-0.25, -0.2) is 9.97 Å². The third kappa shape index (κ3) is 4.02. The van der Waals surface area contributed by atoms with Crippen LogP contribution in [0.15, 0.2) is 42.0 Å². The van der Waals surface area contributed by atoms with Crippen LogP contribution in [0.1, 0.15) is 24.1 Å². The molecule has 0 aliphatic carbocycles. The number of hydrogen-bond donors (Lipinski definition) is 1. The Morgan fingerprint density at radius 1 is 1.08 bits per heavy atom. The molecule has 0 spiro atoms. The maximum atomic E-state index is 4.39. The van der Waals surface area contributed by atoms with Crippen molar-refractivity contribution < 1.29 is 0 Å². The first-order chi connectivity index (χ1) is 11.4. The maximum Gasteiger partial charge on any atom is 0.138 e. The number of thiophene rings is 1. The van der Waals surface area contributed by atoms with E-state index in [1.807, 2.05) is 5.38 Å². The van der Waals surface area contributed by atoms with Crippen molar-refractivity contribution in [3.63, 3.8) is 0 Å². The number of benzene rings is 1. The summed E-state index contributed by atoms with van der Waals surface area (Å²) in [5.41, 5.74) is 5.70. The molecule has 0 saturated heterocycles. The van der Waals surface area contributed by atoms with Crippen molar-refractivity contribution in [3.8, 4) is 11.5 Å². The first kappa shape index (κ1) is 16.7. The van der Waals surface area contributed by atoms with Gasteiger partial charge in [0, 0.05) is 11.6 Å². The monoisotopic (exact) mass is 351 g/mol. The van der Waals surface area contributed by atoms with Crippen molar-refractivity contribution in [1.29, 1.82) is 0 Å². The molecule has 24 heavy (non-hydrogen) atoms. The van der Waals surface area contributed by atoms with Gasteiger partial charge in [0.15, 0.2) is 0 Å². The molecule has 0 fully saturated rings. The fraction of sp³-hybridized carbons (Fsp3) is 0.263. The summed E-state index contributed by atoms with van der Waals surface area (Å²) in [6, 6.07) is 10.7. The summed E-state index contributed by atoms with van der Waals surface area (Å²) in [6.07, 6.45) is 1.61. The minimum atomic E-state index is -1.33. The minimum Gasteiger partial charge on any atom is -0.363 e. The van der Waals surface area contributed by atoms with Crippen molar-refractivity contribution >= 4 is 35.4 Å². The first-order valence-corrected chi connectivity index (χ1v) is 12.4. The van der Waals surface area contributed by atoms with Crippen molar-refractivity contribution in [2.75, 3.05) is 5.32 Å². The predicted molar refractivity (Wildman–Crippen MR) is 106 cm³/mol. The van der Waals surface area contributed by atoms with Crippen LogP contribution in [0.4, 0.5) is 5.82 Å². The van der Waals surface area contributed by atoms with E-state index < -0.39 is 8.07 Å². The Labute approximate surface area is 148 Å². The zero-order valence-electron chi connectivity index (χ0n) is 14.4. The second-order valence-electron chi connectivity index (χ2n) is 6.85. The van der Waals surface area contributed by atoms with Crippen molar-refractivity contribution in [2.24, 2.45) is 0 Å². The summed E-state index contributed by atoms with van der Waals surface area (Å²) in [7, 11) is -1.33. The normalized spacial score (nSPS) is 12.5. The van der Waals surface area contributed by atoms with Gasteiger partial charge in [-0.15, -0.1) is 16.9 Å². The average molecular weight is 352 g/mol. The molecule has 0 unspecified atom stereocenters. The van der Waals surface area contributed by atoms with Crippen LogP contribution in [0.2, 0.25) is 19.6 Å². The number of aromatic nitrogens is 2. The molecular formula is C19H21N3SSi. The number of fused-ring (bicyclic) bond motifs is 1. The molecule has 3 nitrogen and oxygen atoms in total. The van der Waals surface area contributed by atoms with Gasteiger partial charge in [-0.1, -0.05) is 37.7 Å². The van der Waals surface area contributed by atoms with E-state index in [0.29, 0.717) is 0 Å².